The summed E-state index contributed by atoms with van der Waals surface area (Å²) in [6, 6.07) is 7.98. The van der Waals surface area contributed by atoms with E-state index in [9.17, 15) is 4.79 Å². The summed E-state index contributed by atoms with van der Waals surface area (Å²) in [6.45, 7) is 11.5. The summed E-state index contributed by atoms with van der Waals surface area (Å²) in [5.41, 5.74) is 2.25. The second-order valence-electron chi connectivity index (χ2n) is 6.64. The Morgan fingerprint density at radius 3 is 2.29 bits per heavy atom. The van der Waals surface area contributed by atoms with Crippen molar-refractivity contribution in [2.24, 2.45) is 0 Å². The van der Waals surface area contributed by atoms with Crippen molar-refractivity contribution in [2.45, 2.75) is 39.2 Å². The molecule has 0 radical (unpaired) electrons. The van der Waals surface area contributed by atoms with Crippen molar-refractivity contribution in [1.82, 2.24) is 4.90 Å². The average molecular weight is 290 g/mol. The number of hydrogen-bond donors (Lipinski definition) is 1. The highest BCUT2D eigenvalue weighted by Gasteiger charge is 2.23. The smallest absolute Gasteiger partial charge is 0.241 e. The number of hydrogen-bond acceptors (Lipinski definition) is 3. The Labute approximate surface area is 127 Å². The quantitative estimate of drug-likeness (QED) is 0.930. The highest BCUT2D eigenvalue weighted by molar-refractivity contribution is 5.94. The van der Waals surface area contributed by atoms with E-state index in [1.54, 1.807) is 0 Å². The van der Waals surface area contributed by atoms with Crippen LogP contribution in [-0.2, 0) is 14.9 Å². The van der Waals surface area contributed by atoms with Crippen LogP contribution >= 0.6 is 0 Å². The van der Waals surface area contributed by atoms with Gasteiger partial charge in [0.1, 0.15) is 0 Å². The van der Waals surface area contributed by atoms with E-state index in [-0.39, 0.29) is 17.4 Å². The first kappa shape index (κ1) is 16.0. The topological polar surface area (TPSA) is 41.6 Å². The minimum absolute atomic E-state index is 0.0420. The molecule has 1 saturated heterocycles. The van der Waals surface area contributed by atoms with Crippen LogP contribution in [0.5, 0.6) is 0 Å². The van der Waals surface area contributed by atoms with Gasteiger partial charge in [-0.05, 0) is 30.0 Å². The lowest BCUT2D eigenvalue weighted by Crippen LogP contribution is -2.47. The Kier molecular flexibility index (Phi) is 5.01. The van der Waals surface area contributed by atoms with E-state index in [2.05, 4.69) is 43.1 Å². The van der Waals surface area contributed by atoms with Crippen LogP contribution in [-0.4, -0.2) is 43.2 Å². The number of morpholine rings is 1. The van der Waals surface area contributed by atoms with Gasteiger partial charge in [0.15, 0.2) is 0 Å². The van der Waals surface area contributed by atoms with Crippen LogP contribution in [0.3, 0.4) is 0 Å². The monoisotopic (exact) mass is 290 g/mol. The van der Waals surface area contributed by atoms with Gasteiger partial charge < -0.3 is 10.1 Å². The largest absolute Gasteiger partial charge is 0.379 e. The molecule has 1 unspecified atom stereocenters. The van der Waals surface area contributed by atoms with Gasteiger partial charge in [0.2, 0.25) is 5.91 Å². The predicted octanol–water partition coefficient (Wildman–Crippen LogP) is 2.64. The second-order valence-corrected chi connectivity index (χ2v) is 6.64. The number of carbonyl (C=O) groups is 1. The summed E-state index contributed by atoms with van der Waals surface area (Å²) in [5.74, 6) is 0.0420. The molecule has 116 valence electrons. The van der Waals surface area contributed by atoms with Crippen LogP contribution in [0, 0.1) is 0 Å². The molecule has 1 amide bonds. The van der Waals surface area contributed by atoms with Crippen molar-refractivity contribution in [3.05, 3.63) is 29.8 Å². The standard InChI is InChI=1S/C17H26N2O2/c1-13(19-9-11-21-12-10-19)16(20)18-15-7-5-14(6-8-15)17(2,3)4/h5-8,13H,9-12H2,1-4H3,(H,18,20). The molecule has 1 aromatic carbocycles. The number of benzene rings is 1. The molecule has 1 aliphatic heterocycles. The van der Waals surface area contributed by atoms with Crippen LogP contribution in [0.2, 0.25) is 0 Å². The molecule has 4 heteroatoms. The van der Waals surface area contributed by atoms with E-state index >= 15 is 0 Å². The van der Waals surface area contributed by atoms with E-state index in [0.29, 0.717) is 13.2 Å². The van der Waals surface area contributed by atoms with Gasteiger partial charge in [0.25, 0.3) is 0 Å². The number of anilines is 1. The fraction of sp³-hybridized carbons (Fsp3) is 0.588. The van der Waals surface area contributed by atoms with E-state index in [1.165, 1.54) is 5.56 Å². The lowest BCUT2D eigenvalue weighted by Gasteiger charge is -2.31. The number of ether oxygens (including phenoxy) is 1. The molecule has 0 saturated carbocycles. The number of carbonyl (C=O) groups excluding carboxylic acids is 1. The van der Waals surface area contributed by atoms with E-state index in [1.807, 2.05) is 19.1 Å². The van der Waals surface area contributed by atoms with Crippen LogP contribution in [0.1, 0.15) is 33.3 Å². The molecule has 1 fully saturated rings. The van der Waals surface area contributed by atoms with Gasteiger partial charge in [0, 0.05) is 18.8 Å². The summed E-state index contributed by atoms with van der Waals surface area (Å²) in [6.07, 6.45) is 0. The molecule has 0 aliphatic carbocycles. The van der Waals surface area contributed by atoms with Crippen LogP contribution in [0.4, 0.5) is 5.69 Å². The van der Waals surface area contributed by atoms with Gasteiger partial charge in [-0.15, -0.1) is 0 Å². The highest BCUT2D eigenvalue weighted by Crippen LogP contribution is 2.23. The predicted molar refractivity (Wildman–Crippen MR) is 85.6 cm³/mol. The molecule has 1 N–H and O–H groups in total. The van der Waals surface area contributed by atoms with Crippen LogP contribution in [0.25, 0.3) is 0 Å². The first-order valence-corrected chi connectivity index (χ1v) is 7.61. The van der Waals surface area contributed by atoms with E-state index in [4.69, 9.17) is 4.74 Å². The normalized spacial score (nSPS) is 18.3. The molecule has 1 heterocycles. The Balaban J connectivity index is 1.95. The first-order chi connectivity index (χ1) is 9.88. The molecule has 1 aromatic rings. The first-order valence-electron chi connectivity index (χ1n) is 7.61. The minimum Gasteiger partial charge on any atom is -0.379 e. The Hall–Kier alpha value is -1.39. The zero-order valence-corrected chi connectivity index (χ0v) is 13.5. The second kappa shape index (κ2) is 6.58. The van der Waals surface area contributed by atoms with Crippen molar-refractivity contribution in [1.29, 1.82) is 0 Å². The summed E-state index contributed by atoms with van der Waals surface area (Å²) in [4.78, 5) is 14.5. The SMILES string of the molecule is CC(C(=O)Nc1ccc(C(C)(C)C)cc1)N1CCOCC1. The molecular weight excluding hydrogens is 264 g/mol. The van der Waals surface area contributed by atoms with Crippen molar-refractivity contribution < 1.29 is 9.53 Å². The van der Waals surface area contributed by atoms with Crippen LogP contribution < -0.4 is 5.32 Å². The Morgan fingerprint density at radius 2 is 1.76 bits per heavy atom. The van der Waals surface area contributed by atoms with Crippen molar-refractivity contribution in [3.63, 3.8) is 0 Å². The molecular formula is C17H26N2O2. The lowest BCUT2D eigenvalue weighted by molar-refractivity contribution is -0.122. The van der Waals surface area contributed by atoms with Gasteiger partial charge >= 0.3 is 0 Å². The van der Waals surface area contributed by atoms with E-state index in [0.717, 1.165) is 18.8 Å². The third-order valence-corrected chi connectivity index (χ3v) is 3.99. The maximum Gasteiger partial charge on any atom is 0.241 e. The van der Waals surface area contributed by atoms with Gasteiger partial charge in [0.05, 0.1) is 19.3 Å². The molecule has 4 nitrogen and oxygen atoms in total. The van der Waals surface area contributed by atoms with Gasteiger partial charge in [-0.2, -0.15) is 0 Å². The van der Waals surface area contributed by atoms with Crippen molar-refractivity contribution in [2.75, 3.05) is 31.6 Å². The summed E-state index contributed by atoms with van der Waals surface area (Å²) in [7, 11) is 0. The highest BCUT2D eigenvalue weighted by atomic mass is 16.5. The number of rotatable bonds is 3. The summed E-state index contributed by atoms with van der Waals surface area (Å²) >= 11 is 0. The third kappa shape index (κ3) is 4.29. The zero-order chi connectivity index (χ0) is 15.5. The maximum atomic E-state index is 12.3. The summed E-state index contributed by atoms with van der Waals surface area (Å²) in [5, 5.41) is 3.00. The van der Waals surface area contributed by atoms with Crippen molar-refractivity contribution in [3.8, 4) is 0 Å². The Morgan fingerprint density at radius 1 is 1.19 bits per heavy atom. The minimum atomic E-state index is -0.129. The molecule has 0 spiro atoms. The summed E-state index contributed by atoms with van der Waals surface area (Å²) < 4.78 is 5.32. The fourth-order valence-corrected chi connectivity index (χ4v) is 2.43. The molecule has 0 bridgehead atoms. The third-order valence-electron chi connectivity index (χ3n) is 3.99. The molecule has 1 atom stereocenters. The molecule has 0 aromatic heterocycles. The molecule has 1 aliphatic rings. The number of nitrogens with zero attached hydrogens (tertiary/aromatic N) is 1. The fourth-order valence-electron chi connectivity index (χ4n) is 2.43. The Bertz CT molecular complexity index is 471. The lowest BCUT2D eigenvalue weighted by atomic mass is 9.87. The average Bonchev–Trinajstić information content (AvgIpc) is 2.47. The molecule has 2 rings (SSSR count). The van der Waals surface area contributed by atoms with Gasteiger partial charge in [-0.1, -0.05) is 32.9 Å². The number of amides is 1. The maximum absolute atomic E-state index is 12.3. The number of nitrogens with one attached hydrogen (secondary N) is 1. The van der Waals surface area contributed by atoms with E-state index < -0.39 is 0 Å². The van der Waals surface area contributed by atoms with Crippen LogP contribution in [0.15, 0.2) is 24.3 Å². The zero-order valence-electron chi connectivity index (χ0n) is 13.5. The van der Waals surface area contributed by atoms with Crippen molar-refractivity contribution >= 4 is 11.6 Å². The van der Waals surface area contributed by atoms with Gasteiger partial charge in [-0.25, -0.2) is 0 Å². The molecule has 21 heavy (non-hydrogen) atoms. The van der Waals surface area contributed by atoms with Gasteiger partial charge in [-0.3, -0.25) is 9.69 Å².